The zero-order valence-corrected chi connectivity index (χ0v) is 14.2. The Morgan fingerprint density at radius 3 is 2.75 bits per heavy atom. The van der Waals surface area contributed by atoms with Crippen LogP contribution in [0.3, 0.4) is 0 Å². The number of nitrogens with one attached hydrogen (secondary N) is 1. The Bertz CT molecular complexity index is 647. The molecule has 24 heavy (non-hydrogen) atoms. The second kappa shape index (κ2) is 7.36. The molecule has 1 N–H and O–H groups in total. The second-order valence-corrected chi connectivity index (χ2v) is 6.70. The third kappa shape index (κ3) is 3.47. The number of fused-ring (bicyclic) bond motifs is 1. The van der Waals surface area contributed by atoms with E-state index < -0.39 is 0 Å². The maximum atomic E-state index is 5.57. The summed E-state index contributed by atoms with van der Waals surface area (Å²) >= 11 is 0. The average molecular weight is 326 g/mol. The molecule has 2 aliphatic rings. The van der Waals surface area contributed by atoms with Crippen molar-refractivity contribution in [1.82, 2.24) is 15.1 Å². The number of para-hydroxylation sites is 1. The van der Waals surface area contributed by atoms with Gasteiger partial charge in [-0.15, -0.1) is 0 Å². The number of hydrogen-bond acceptors (Lipinski definition) is 4. The molecule has 0 atom stereocenters. The number of nitrogens with zero attached hydrogens (tertiary/aromatic N) is 3. The number of aromatic amines is 1. The van der Waals surface area contributed by atoms with Gasteiger partial charge in [-0.1, -0.05) is 18.2 Å². The second-order valence-electron chi connectivity index (χ2n) is 6.70. The summed E-state index contributed by atoms with van der Waals surface area (Å²) in [5, 5.41) is 7.69. The molecule has 1 saturated heterocycles. The van der Waals surface area contributed by atoms with Gasteiger partial charge in [0.05, 0.1) is 18.9 Å². The van der Waals surface area contributed by atoms with E-state index in [4.69, 9.17) is 4.74 Å². The molecule has 4 rings (SSSR count). The molecule has 3 heterocycles. The van der Waals surface area contributed by atoms with Gasteiger partial charge in [-0.25, -0.2) is 0 Å². The van der Waals surface area contributed by atoms with Crippen LogP contribution in [0.15, 0.2) is 30.3 Å². The first-order chi connectivity index (χ1) is 11.9. The summed E-state index contributed by atoms with van der Waals surface area (Å²) in [7, 11) is 0. The summed E-state index contributed by atoms with van der Waals surface area (Å²) < 4.78 is 5.57. The van der Waals surface area contributed by atoms with Crippen molar-refractivity contribution in [3.05, 3.63) is 47.3 Å². The summed E-state index contributed by atoms with van der Waals surface area (Å²) in [5.74, 6) is 0. The van der Waals surface area contributed by atoms with Gasteiger partial charge in [0.1, 0.15) is 0 Å². The molecule has 0 bridgehead atoms. The topological polar surface area (TPSA) is 44.4 Å². The number of aryl methyl sites for hydroxylation is 1. The van der Waals surface area contributed by atoms with Crippen molar-refractivity contribution in [3.8, 4) is 0 Å². The van der Waals surface area contributed by atoms with Gasteiger partial charge in [0.15, 0.2) is 0 Å². The van der Waals surface area contributed by atoms with E-state index in [-0.39, 0.29) is 0 Å². The first kappa shape index (κ1) is 15.7. The van der Waals surface area contributed by atoms with Crippen LogP contribution >= 0.6 is 0 Å². The molecule has 1 fully saturated rings. The van der Waals surface area contributed by atoms with Crippen molar-refractivity contribution in [3.63, 3.8) is 0 Å². The van der Waals surface area contributed by atoms with Crippen LogP contribution in [0, 0.1) is 0 Å². The van der Waals surface area contributed by atoms with E-state index in [2.05, 4.69) is 50.3 Å². The van der Waals surface area contributed by atoms with Crippen LogP contribution in [-0.4, -0.2) is 54.4 Å². The van der Waals surface area contributed by atoms with Crippen LogP contribution in [0.4, 0.5) is 5.69 Å². The Labute approximate surface area is 143 Å². The molecule has 2 aromatic rings. The monoisotopic (exact) mass is 326 g/mol. The lowest BCUT2D eigenvalue weighted by Crippen LogP contribution is -2.46. The summed E-state index contributed by atoms with van der Waals surface area (Å²) in [4.78, 5) is 5.06. The zero-order valence-electron chi connectivity index (χ0n) is 14.2. The van der Waals surface area contributed by atoms with Gasteiger partial charge < -0.3 is 9.64 Å². The maximum absolute atomic E-state index is 5.57. The van der Waals surface area contributed by atoms with Crippen LogP contribution in [0.1, 0.15) is 23.4 Å². The Hall–Kier alpha value is -1.85. The molecule has 5 heteroatoms. The minimum absolute atomic E-state index is 0.733. The third-order valence-electron chi connectivity index (χ3n) is 5.16. The minimum atomic E-state index is 0.733. The highest BCUT2D eigenvalue weighted by Crippen LogP contribution is 2.20. The van der Waals surface area contributed by atoms with Crippen LogP contribution in [0.25, 0.3) is 0 Å². The fourth-order valence-corrected chi connectivity index (χ4v) is 3.72. The van der Waals surface area contributed by atoms with Crippen molar-refractivity contribution in [2.75, 3.05) is 44.2 Å². The third-order valence-corrected chi connectivity index (χ3v) is 5.16. The molecule has 1 aromatic carbocycles. The lowest BCUT2D eigenvalue weighted by atomic mass is 10.1. The summed E-state index contributed by atoms with van der Waals surface area (Å²) in [6, 6.07) is 10.7. The highest BCUT2D eigenvalue weighted by atomic mass is 16.5. The number of ether oxygens (including phenoxy) is 1. The first-order valence-corrected chi connectivity index (χ1v) is 9.05. The van der Waals surface area contributed by atoms with Gasteiger partial charge in [-0.05, 0) is 31.5 Å². The molecule has 2 aliphatic heterocycles. The van der Waals surface area contributed by atoms with Crippen LogP contribution < -0.4 is 4.90 Å². The van der Waals surface area contributed by atoms with Crippen molar-refractivity contribution < 1.29 is 4.74 Å². The normalized spacial score (nSPS) is 18.6. The summed E-state index contributed by atoms with van der Waals surface area (Å²) in [5.41, 5.74) is 5.16. The van der Waals surface area contributed by atoms with Crippen molar-refractivity contribution in [2.45, 2.75) is 25.9 Å². The average Bonchev–Trinajstić information content (AvgIpc) is 3.06. The molecule has 0 saturated carbocycles. The zero-order chi connectivity index (χ0) is 16.2. The number of aromatic nitrogens is 2. The number of hydrogen-bond donors (Lipinski definition) is 1. The molecule has 0 amide bonds. The fourth-order valence-electron chi connectivity index (χ4n) is 3.72. The van der Waals surface area contributed by atoms with E-state index in [0.717, 1.165) is 58.8 Å². The molecular weight excluding hydrogens is 300 g/mol. The van der Waals surface area contributed by atoms with Crippen LogP contribution in [-0.2, 0) is 24.2 Å². The largest absolute Gasteiger partial charge is 0.376 e. The molecule has 0 spiro atoms. The lowest BCUT2D eigenvalue weighted by Gasteiger charge is -2.36. The van der Waals surface area contributed by atoms with Crippen molar-refractivity contribution in [2.24, 2.45) is 0 Å². The Morgan fingerprint density at radius 1 is 1.08 bits per heavy atom. The predicted octanol–water partition coefficient (Wildman–Crippen LogP) is 2.24. The Balaban J connectivity index is 1.23. The van der Waals surface area contributed by atoms with Gasteiger partial charge in [-0.2, -0.15) is 5.10 Å². The van der Waals surface area contributed by atoms with E-state index in [1.54, 1.807) is 0 Å². The van der Waals surface area contributed by atoms with Crippen LogP contribution in [0.2, 0.25) is 0 Å². The minimum Gasteiger partial charge on any atom is -0.376 e. The molecule has 0 aliphatic carbocycles. The SMILES string of the molecule is c1ccc(N2CCN(CCCc3n[nH]c4c3COCC4)CC2)cc1. The van der Waals surface area contributed by atoms with E-state index in [1.165, 1.54) is 29.1 Å². The number of anilines is 1. The Kier molecular flexibility index (Phi) is 4.81. The highest BCUT2D eigenvalue weighted by molar-refractivity contribution is 5.46. The van der Waals surface area contributed by atoms with Crippen molar-refractivity contribution in [1.29, 1.82) is 0 Å². The molecule has 0 radical (unpaired) electrons. The molecule has 0 unspecified atom stereocenters. The van der Waals surface area contributed by atoms with Gasteiger partial charge >= 0.3 is 0 Å². The van der Waals surface area contributed by atoms with Crippen LogP contribution in [0.5, 0.6) is 0 Å². The summed E-state index contributed by atoms with van der Waals surface area (Å²) in [6.07, 6.45) is 3.19. The summed E-state index contributed by atoms with van der Waals surface area (Å²) in [6.45, 7) is 7.25. The number of benzene rings is 1. The molecule has 5 nitrogen and oxygen atoms in total. The number of H-pyrrole nitrogens is 1. The lowest BCUT2D eigenvalue weighted by molar-refractivity contribution is 0.109. The predicted molar refractivity (Wildman–Crippen MR) is 95.4 cm³/mol. The molecule has 128 valence electrons. The van der Waals surface area contributed by atoms with Crippen molar-refractivity contribution >= 4 is 5.69 Å². The number of rotatable bonds is 5. The highest BCUT2D eigenvalue weighted by Gasteiger charge is 2.19. The van der Waals surface area contributed by atoms with E-state index in [0.29, 0.717) is 0 Å². The fraction of sp³-hybridized carbons (Fsp3) is 0.526. The van der Waals surface area contributed by atoms with Gasteiger partial charge in [0, 0.05) is 49.5 Å². The standard InChI is InChI=1S/C19H26N4O/c1-2-5-16(6-3-1)23-12-10-22(11-13-23)9-4-7-18-17-15-24-14-8-19(17)21-20-18/h1-3,5-6H,4,7-15H2,(H,20,21). The first-order valence-electron chi connectivity index (χ1n) is 9.05. The van der Waals surface area contributed by atoms with Gasteiger partial charge in [0.25, 0.3) is 0 Å². The Morgan fingerprint density at radius 2 is 1.92 bits per heavy atom. The van der Waals surface area contributed by atoms with E-state index in [1.807, 2.05) is 0 Å². The molecular formula is C19H26N4O. The smallest absolute Gasteiger partial charge is 0.0753 e. The van der Waals surface area contributed by atoms with E-state index in [9.17, 15) is 0 Å². The number of piperazine rings is 1. The van der Waals surface area contributed by atoms with Gasteiger partial charge in [0.2, 0.25) is 0 Å². The quantitative estimate of drug-likeness (QED) is 0.915. The molecule has 1 aromatic heterocycles. The van der Waals surface area contributed by atoms with Gasteiger partial charge in [-0.3, -0.25) is 10.00 Å². The maximum Gasteiger partial charge on any atom is 0.0753 e. The van der Waals surface area contributed by atoms with E-state index >= 15 is 0 Å².